The second-order valence-electron chi connectivity index (χ2n) is 9.32. The monoisotopic (exact) mass is 495 g/mol. The molecule has 0 aliphatic carbocycles. The minimum atomic E-state index is -3.97. The molecule has 0 radical (unpaired) electrons. The molecule has 0 aromatic heterocycles. The predicted molar refractivity (Wildman–Crippen MR) is 130 cm³/mol. The van der Waals surface area contributed by atoms with Gasteiger partial charge in [0.05, 0.1) is 13.2 Å². The summed E-state index contributed by atoms with van der Waals surface area (Å²) in [6, 6.07) is 3.65. The van der Waals surface area contributed by atoms with E-state index in [0.717, 1.165) is 6.42 Å². The molecule has 2 amide bonds. The second kappa shape index (κ2) is 11.4. The van der Waals surface area contributed by atoms with E-state index in [-0.39, 0.29) is 42.3 Å². The number of sulfonamides is 1. The molecule has 0 unspecified atom stereocenters. The van der Waals surface area contributed by atoms with Crippen molar-refractivity contribution in [1.29, 1.82) is 0 Å². The van der Waals surface area contributed by atoms with E-state index in [2.05, 4.69) is 17.2 Å². The number of nitrogens with one attached hydrogen (secondary N) is 1. The number of carbonyl (C=O) groups excluding carboxylic acids is 1. The largest absolute Gasteiger partial charge is 0.487 e. The molecule has 1 aromatic rings. The molecule has 3 N–H and O–H groups in total. The molecule has 34 heavy (non-hydrogen) atoms. The van der Waals surface area contributed by atoms with Crippen LogP contribution < -0.4 is 10.1 Å². The smallest absolute Gasteiger partial charge is 0.317 e. The average molecular weight is 496 g/mol. The number of ether oxygens (including phenoxy) is 1. The molecule has 1 aliphatic rings. The molecule has 0 bridgehead atoms. The van der Waals surface area contributed by atoms with Crippen LogP contribution in [0.4, 0.5) is 4.79 Å². The first-order valence-electron chi connectivity index (χ1n) is 11.5. The zero-order valence-electron chi connectivity index (χ0n) is 20.8. The third kappa shape index (κ3) is 7.09. The standard InChI is InChI=1S/C24H37N3O6S/c1-7-12-25-23(29)26(6)15-21-17(2)14-27(18(3)16-28)34(31,32)22-9-8-19(13-20(22)33-21)10-11-24(4,5)30/h8-9,13,17-18,21,28,30H,7,12,14-16H2,1-6H3,(H,25,29)/t17-,18+,21+/m1/s1. The topological polar surface area (TPSA) is 119 Å². The number of rotatable bonds is 6. The third-order valence-electron chi connectivity index (χ3n) is 5.51. The average Bonchev–Trinajstić information content (AvgIpc) is 2.77. The minimum absolute atomic E-state index is 0.0309. The second-order valence-corrected chi connectivity index (χ2v) is 11.2. The van der Waals surface area contributed by atoms with Crippen LogP contribution in [0.5, 0.6) is 5.75 Å². The first kappa shape index (κ1) is 27.9. The van der Waals surface area contributed by atoms with Crippen molar-refractivity contribution in [3.63, 3.8) is 0 Å². The highest BCUT2D eigenvalue weighted by molar-refractivity contribution is 7.89. The van der Waals surface area contributed by atoms with Gasteiger partial charge in [0.1, 0.15) is 22.4 Å². The molecule has 1 aromatic carbocycles. The van der Waals surface area contributed by atoms with Crippen molar-refractivity contribution in [2.24, 2.45) is 5.92 Å². The van der Waals surface area contributed by atoms with Crippen LogP contribution in [0.15, 0.2) is 23.1 Å². The van der Waals surface area contributed by atoms with Crippen LogP contribution in [-0.4, -0.2) is 84.9 Å². The normalized spacial score (nSPS) is 21.1. The lowest BCUT2D eigenvalue weighted by molar-refractivity contribution is 0.0812. The Kier molecular flexibility index (Phi) is 9.37. The lowest BCUT2D eigenvalue weighted by Gasteiger charge is -2.37. The highest BCUT2D eigenvalue weighted by Gasteiger charge is 2.38. The quantitative estimate of drug-likeness (QED) is 0.516. The molecule has 190 valence electrons. The highest BCUT2D eigenvalue weighted by Crippen LogP contribution is 2.34. The van der Waals surface area contributed by atoms with Gasteiger partial charge in [-0.05, 0) is 45.4 Å². The summed E-state index contributed by atoms with van der Waals surface area (Å²) in [6.45, 7) is 9.16. The van der Waals surface area contributed by atoms with Crippen LogP contribution in [0.25, 0.3) is 0 Å². The summed E-state index contributed by atoms with van der Waals surface area (Å²) in [7, 11) is -2.31. The van der Waals surface area contributed by atoms with Gasteiger partial charge in [-0.1, -0.05) is 25.7 Å². The van der Waals surface area contributed by atoms with E-state index in [4.69, 9.17) is 4.74 Å². The predicted octanol–water partition coefficient (Wildman–Crippen LogP) is 1.63. The van der Waals surface area contributed by atoms with Crippen molar-refractivity contribution >= 4 is 16.1 Å². The summed E-state index contributed by atoms with van der Waals surface area (Å²) >= 11 is 0. The van der Waals surface area contributed by atoms with Crippen LogP contribution in [0, 0.1) is 17.8 Å². The minimum Gasteiger partial charge on any atom is -0.487 e. The zero-order valence-corrected chi connectivity index (χ0v) is 21.6. The lowest BCUT2D eigenvalue weighted by atomic mass is 10.0. The van der Waals surface area contributed by atoms with Gasteiger partial charge >= 0.3 is 6.03 Å². The summed E-state index contributed by atoms with van der Waals surface area (Å²) in [6.07, 6.45) is 0.293. The molecule has 0 spiro atoms. The Balaban J connectivity index is 2.53. The number of benzene rings is 1. The molecule has 0 saturated heterocycles. The Labute approximate surface area is 203 Å². The lowest BCUT2D eigenvalue weighted by Crippen LogP contribution is -2.51. The van der Waals surface area contributed by atoms with E-state index in [1.54, 1.807) is 33.9 Å². The van der Waals surface area contributed by atoms with Gasteiger partial charge in [-0.25, -0.2) is 13.2 Å². The zero-order chi connectivity index (χ0) is 25.7. The number of amides is 2. The van der Waals surface area contributed by atoms with Crippen LogP contribution >= 0.6 is 0 Å². The van der Waals surface area contributed by atoms with Crippen LogP contribution in [0.3, 0.4) is 0 Å². The molecule has 10 heteroatoms. The van der Waals surface area contributed by atoms with E-state index < -0.39 is 27.8 Å². The number of hydrogen-bond acceptors (Lipinski definition) is 6. The molecule has 3 atom stereocenters. The van der Waals surface area contributed by atoms with E-state index >= 15 is 0 Å². The van der Waals surface area contributed by atoms with Crippen molar-refractivity contribution in [3.8, 4) is 17.6 Å². The van der Waals surface area contributed by atoms with Crippen LogP contribution in [0.1, 0.15) is 46.6 Å². The van der Waals surface area contributed by atoms with E-state index in [1.807, 2.05) is 13.8 Å². The number of carbonyl (C=O) groups is 1. The van der Waals surface area contributed by atoms with Crippen LogP contribution in [-0.2, 0) is 10.0 Å². The Morgan fingerprint density at radius 2 is 2.09 bits per heavy atom. The number of likely N-dealkylation sites (N-methyl/N-ethyl adjacent to an activating group) is 1. The first-order valence-corrected chi connectivity index (χ1v) is 12.9. The fourth-order valence-corrected chi connectivity index (χ4v) is 5.29. The van der Waals surface area contributed by atoms with E-state index in [9.17, 15) is 23.4 Å². The van der Waals surface area contributed by atoms with Crippen LogP contribution in [0.2, 0.25) is 0 Å². The molecule has 0 fully saturated rings. The molecule has 2 rings (SSSR count). The van der Waals surface area contributed by atoms with Crippen molar-refractivity contribution < 1.29 is 28.2 Å². The van der Waals surface area contributed by atoms with Gasteiger partial charge in [-0.15, -0.1) is 0 Å². The van der Waals surface area contributed by atoms with Gasteiger partial charge in [0.25, 0.3) is 0 Å². The maximum absolute atomic E-state index is 13.5. The maximum Gasteiger partial charge on any atom is 0.317 e. The molecular formula is C24H37N3O6S. The van der Waals surface area contributed by atoms with Gasteiger partial charge in [-0.3, -0.25) is 0 Å². The first-order chi connectivity index (χ1) is 15.8. The Hall–Kier alpha value is -2.32. The Morgan fingerprint density at radius 1 is 1.41 bits per heavy atom. The molecule has 1 heterocycles. The van der Waals surface area contributed by atoms with Crippen molar-refractivity contribution in [2.75, 3.05) is 33.3 Å². The molecule has 9 nitrogen and oxygen atoms in total. The van der Waals surface area contributed by atoms with Gasteiger partial charge < -0.3 is 25.2 Å². The number of nitrogens with zero attached hydrogens (tertiary/aromatic N) is 2. The highest BCUT2D eigenvalue weighted by atomic mass is 32.2. The molecular weight excluding hydrogens is 458 g/mol. The van der Waals surface area contributed by atoms with Crippen molar-refractivity contribution in [2.45, 2.75) is 63.7 Å². The fraction of sp³-hybridized carbons (Fsp3) is 0.625. The third-order valence-corrected chi connectivity index (χ3v) is 7.53. The van der Waals surface area contributed by atoms with Crippen molar-refractivity contribution in [3.05, 3.63) is 23.8 Å². The Morgan fingerprint density at radius 3 is 2.68 bits per heavy atom. The van der Waals surface area contributed by atoms with Gasteiger partial charge in [-0.2, -0.15) is 4.31 Å². The molecule has 0 saturated carbocycles. The number of fused-ring (bicyclic) bond motifs is 1. The van der Waals surface area contributed by atoms with Gasteiger partial charge in [0.15, 0.2) is 0 Å². The number of aliphatic hydroxyl groups excluding tert-OH is 1. The SMILES string of the molecule is CCCNC(=O)N(C)C[C@@H]1Oc2cc(C#CC(C)(C)O)ccc2S(=O)(=O)N([C@@H](C)CO)C[C@H]1C. The summed E-state index contributed by atoms with van der Waals surface area (Å²) in [5, 5.41) is 22.5. The summed E-state index contributed by atoms with van der Waals surface area (Å²) in [4.78, 5) is 13.9. The van der Waals surface area contributed by atoms with Gasteiger partial charge in [0, 0.05) is 37.7 Å². The van der Waals surface area contributed by atoms with Gasteiger partial charge in [0.2, 0.25) is 10.0 Å². The number of aliphatic hydroxyl groups is 2. The van der Waals surface area contributed by atoms with Crippen molar-refractivity contribution in [1.82, 2.24) is 14.5 Å². The number of urea groups is 1. The number of hydrogen-bond donors (Lipinski definition) is 3. The fourth-order valence-electron chi connectivity index (χ4n) is 3.47. The maximum atomic E-state index is 13.5. The Bertz CT molecular complexity index is 1030. The van der Waals surface area contributed by atoms with E-state index in [0.29, 0.717) is 12.1 Å². The van der Waals surface area contributed by atoms with E-state index in [1.165, 1.54) is 21.3 Å². The molecule has 1 aliphatic heterocycles. The summed E-state index contributed by atoms with van der Waals surface area (Å²) < 4.78 is 34.5. The summed E-state index contributed by atoms with van der Waals surface area (Å²) in [5.41, 5.74) is -0.727. The summed E-state index contributed by atoms with van der Waals surface area (Å²) in [5.74, 6) is 5.40.